The Labute approximate surface area is 135 Å². The van der Waals surface area contributed by atoms with Crippen LogP contribution in [0.3, 0.4) is 0 Å². The van der Waals surface area contributed by atoms with Crippen LogP contribution in [0.2, 0.25) is 0 Å². The van der Waals surface area contributed by atoms with Gasteiger partial charge in [0.05, 0.1) is 17.2 Å². The number of nitrogens with zero attached hydrogens (tertiary/aromatic N) is 3. The van der Waals surface area contributed by atoms with Gasteiger partial charge in [-0.3, -0.25) is 19.8 Å². The van der Waals surface area contributed by atoms with Crippen molar-refractivity contribution in [3.63, 3.8) is 0 Å². The average molecular weight is 318 g/mol. The van der Waals surface area contributed by atoms with E-state index in [9.17, 15) is 14.9 Å². The first-order chi connectivity index (χ1) is 10.9. The summed E-state index contributed by atoms with van der Waals surface area (Å²) < 4.78 is 0. The molecule has 0 aliphatic carbocycles. The zero-order valence-corrected chi connectivity index (χ0v) is 13.3. The number of hydrogen-bond acceptors (Lipinski definition) is 5. The summed E-state index contributed by atoms with van der Waals surface area (Å²) in [5, 5.41) is 10.9. The summed E-state index contributed by atoms with van der Waals surface area (Å²) in [6.45, 7) is 5.40. The summed E-state index contributed by atoms with van der Waals surface area (Å²) in [4.78, 5) is 27.0. The van der Waals surface area contributed by atoms with Gasteiger partial charge in [-0.15, -0.1) is 0 Å². The molecule has 124 valence electrons. The average Bonchev–Trinajstić information content (AvgIpc) is 3.11. The van der Waals surface area contributed by atoms with Crippen LogP contribution < -0.4 is 10.6 Å². The molecule has 7 heteroatoms. The van der Waals surface area contributed by atoms with E-state index in [0.29, 0.717) is 25.3 Å². The van der Waals surface area contributed by atoms with E-state index in [-0.39, 0.29) is 17.0 Å². The molecule has 7 nitrogen and oxygen atoms in total. The molecule has 1 saturated heterocycles. The molecule has 2 aliphatic heterocycles. The van der Waals surface area contributed by atoms with Crippen LogP contribution in [0.25, 0.3) is 0 Å². The molecular weight excluding hydrogens is 296 g/mol. The Hall–Kier alpha value is -1.99. The van der Waals surface area contributed by atoms with Crippen LogP contribution in [0.5, 0.6) is 0 Å². The van der Waals surface area contributed by atoms with E-state index in [0.717, 1.165) is 31.5 Å². The second kappa shape index (κ2) is 5.90. The summed E-state index contributed by atoms with van der Waals surface area (Å²) in [5.74, 6) is 0.00511. The van der Waals surface area contributed by atoms with E-state index >= 15 is 0 Å². The SMILES string of the molecule is CC1(CN)CCN(CC(=O)N2CCc3ccc([N+](=O)[O-])cc32)C1. The Kier molecular flexibility index (Phi) is 4.08. The van der Waals surface area contributed by atoms with Gasteiger partial charge in [0.25, 0.3) is 5.69 Å². The number of non-ortho nitro benzene ring substituents is 1. The summed E-state index contributed by atoms with van der Waals surface area (Å²) in [6.07, 6.45) is 1.75. The molecular formula is C16H22N4O3. The number of rotatable bonds is 4. The van der Waals surface area contributed by atoms with Gasteiger partial charge in [-0.05, 0) is 36.9 Å². The van der Waals surface area contributed by atoms with Crippen LogP contribution in [0, 0.1) is 15.5 Å². The predicted molar refractivity (Wildman–Crippen MR) is 87.4 cm³/mol. The smallest absolute Gasteiger partial charge is 0.271 e. The second-order valence-electron chi connectivity index (χ2n) is 6.84. The van der Waals surface area contributed by atoms with Gasteiger partial charge < -0.3 is 10.6 Å². The first kappa shape index (κ1) is 15.9. The predicted octanol–water partition coefficient (Wildman–Crippen LogP) is 1.15. The molecule has 1 aromatic rings. The van der Waals surface area contributed by atoms with E-state index in [4.69, 9.17) is 5.73 Å². The first-order valence-corrected chi connectivity index (χ1v) is 7.92. The van der Waals surface area contributed by atoms with Crippen molar-refractivity contribution in [1.82, 2.24) is 4.90 Å². The molecule has 1 aromatic carbocycles. The zero-order valence-electron chi connectivity index (χ0n) is 13.3. The van der Waals surface area contributed by atoms with Crippen molar-refractivity contribution >= 4 is 17.3 Å². The zero-order chi connectivity index (χ0) is 16.6. The van der Waals surface area contributed by atoms with Crippen LogP contribution in [0.4, 0.5) is 11.4 Å². The van der Waals surface area contributed by atoms with E-state index in [2.05, 4.69) is 11.8 Å². The largest absolute Gasteiger partial charge is 0.330 e. The number of carbonyl (C=O) groups excluding carboxylic acids is 1. The van der Waals surface area contributed by atoms with Crippen LogP contribution in [-0.4, -0.2) is 48.5 Å². The monoisotopic (exact) mass is 318 g/mol. The number of carbonyl (C=O) groups is 1. The molecule has 1 amide bonds. The highest BCUT2D eigenvalue weighted by Gasteiger charge is 2.35. The first-order valence-electron chi connectivity index (χ1n) is 7.92. The Morgan fingerprint density at radius 1 is 1.43 bits per heavy atom. The number of anilines is 1. The molecule has 2 N–H and O–H groups in total. The molecule has 2 aliphatic rings. The van der Waals surface area contributed by atoms with Crippen molar-refractivity contribution in [2.45, 2.75) is 19.8 Å². The Morgan fingerprint density at radius 3 is 2.87 bits per heavy atom. The maximum Gasteiger partial charge on any atom is 0.271 e. The molecule has 0 spiro atoms. The van der Waals surface area contributed by atoms with Gasteiger partial charge in [-0.2, -0.15) is 0 Å². The Morgan fingerprint density at radius 2 is 2.22 bits per heavy atom. The third-order valence-corrected chi connectivity index (χ3v) is 4.96. The summed E-state index contributed by atoms with van der Waals surface area (Å²) >= 11 is 0. The van der Waals surface area contributed by atoms with Crippen molar-refractivity contribution < 1.29 is 9.72 Å². The van der Waals surface area contributed by atoms with E-state index < -0.39 is 4.92 Å². The lowest BCUT2D eigenvalue weighted by molar-refractivity contribution is -0.384. The van der Waals surface area contributed by atoms with Gasteiger partial charge in [0, 0.05) is 25.2 Å². The fraction of sp³-hybridized carbons (Fsp3) is 0.562. The van der Waals surface area contributed by atoms with Gasteiger partial charge in [-0.25, -0.2) is 0 Å². The van der Waals surface area contributed by atoms with Crippen LogP contribution >= 0.6 is 0 Å². The number of likely N-dealkylation sites (tertiary alicyclic amines) is 1. The number of nitrogens with two attached hydrogens (primary N) is 1. The normalized spacial score (nSPS) is 24.0. The lowest BCUT2D eigenvalue weighted by atomic mass is 9.90. The van der Waals surface area contributed by atoms with Gasteiger partial charge in [-0.1, -0.05) is 13.0 Å². The number of nitro groups is 1. The number of fused-ring (bicyclic) bond motifs is 1. The molecule has 0 aromatic heterocycles. The van der Waals surface area contributed by atoms with Crippen molar-refractivity contribution in [2.24, 2.45) is 11.1 Å². The fourth-order valence-electron chi connectivity index (χ4n) is 3.44. The lowest BCUT2D eigenvalue weighted by Gasteiger charge is -2.24. The van der Waals surface area contributed by atoms with Crippen molar-refractivity contribution in [1.29, 1.82) is 0 Å². The minimum Gasteiger partial charge on any atom is -0.330 e. The van der Waals surface area contributed by atoms with Crippen molar-refractivity contribution in [3.8, 4) is 0 Å². The van der Waals surface area contributed by atoms with E-state index in [1.54, 1.807) is 11.0 Å². The Balaban J connectivity index is 1.71. The summed E-state index contributed by atoms with van der Waals surface area (Å²) in [6, 6.07) is 4.76. The van der Waals surface area contributed by atoms with E-state index in [1.165, 1.54) is 12.1 Å². The minimum atomic E-state index is -0.422. The standard InChI is InChI=1S/C16H22N4O3/c1-16(10-17)5-7-18(11-16)9-15(21)19-6-4-12-2-3-13(20(22)23)8-14(12)19/h2-3,8H,4-7,9-11,17H2,1H3. The number of amides is 1. The van der Waals surface area contributed by atoms with Gasteiger partial charge >= 0.3 is 0 Å². The minimum absolute atomic E-state index is 0.00511. The highest BCUT2D eigenvalue weighted by atomic mass is 16.6. The van der Waals surface area contributed by atoms with Crippen LogP contribution in [0.1, 0.15) is 18.9 Å². The lowest BCUT2D eigenvalue weighted by Crippen LogP contribution is -2.40. The molecule has 0 radical (unpaired) electrons. The molecule has 1 fully saturated rings. The maximum absolute atomic E-state index is 12.6. The Bertz CT molecular complexity index is 648. The molecule has 3 rings (SSSR count). The second-order valence-corrected chi connectivity index (χ2v) is 6.84. The molecule has 2 heterocycles. The molecule has 0 bridgehead atoms. The molecule has 23 heavy (non-hydrogen) atoms. The highest BCUT2D eigenvalue weighted by molar-refractivity contribution is 5.97. The molecule has 1 atom stereocenters. The van der Waals surface area contributed by atoms with Crippen LogP contribution in [0.15, 0.2) is 18.2 Å². The fourth-order valence-corrected chi connectivity index (χ4v) is 3.44. The van der Waals surface area contributed by atoms with Crippen LogP contribution in [-0.2, 0) is 11.2 Å². The van der Waals surface area contributed by atoms with Gasteiger partial charge in [0.1, 0.15) is 0 Å². The highest BCUT2D eigenvalue weighted by Crippen LogP contribution is 2.33. The number of nitro benzene ring substituents is 1. The topological polar surface area (TPSA) is 92.7 Å². The quantitative estimate of drug-likeness (QED) is 0.664. The van der Waals surface area contributed by atoms with Gasteiger partial charge in [0.15, 0.2) is 0 Å². The third kappa shape index (κ3) is 3.07. The summed E-state index contributed by atoms with van der Waals surface area (Å²) in [7, 11) is 0. The number of benzene rings is 1. The molecule has 0 saturated carbocycles. The van der Waals surface area contributed by atoms with Crippen molar-refractivity contribution in [3.05, 3.63) is 33.9 Å². The number of hydrogen-bond donors (Lipinski definition) is 1. The summed E-state index contributed by atoms with van der Waals surface area (Å²) in [5.41, 5.74) is 7.60. The van der Waals surface area contributed by atoms with E-state index in [1.807, 2.05) is 0 Å². The molecule has 1 unspecified atom stereocenters. The third-order valence-electron chi connectivity index (χ3n) is 4.96. The van der Waals surface area contributed by atoms with Gasteiger partial charge in [0.2, 0.25) is 5.91 Å². The van der Waals surface area contributed by atoms with Crippen molar-refractivity contribution in [2.75, 3.05) is 37.6 Å². The maximum atomic E-state index is 12.6.